The highest BCUT2D eigenvalue weighted by Crippen LogP contribution is 2.15. The van der Waals surface area contributed by atoms with Gasteiger partial charge in [0.15, 0.2) is 0 Å². The van der Waals surface area contributed by atoms with E-state index in [1.54, 1.807) is 0 Å². The fourth-order valence-corrected chi connectivity index (χ4v) is 1.56. The van der Waals surface area contributed by atoms with Gasteiger partial charge in [0, 0.05) is 11.7 Å². The highest BCUT2D eigenvalue weighted by molar-refractivity contribution is 5.57. The second-order valence-electron chi connectivity index (χ2n) is 4.22. The molecule has 1 heterocycles. The van der Waals surface area contributed by atoms with Gasteiger partial charge in [0.05, 0.1) is 11.9 Å². The van der Waals surface area contributed by atoms with Gasteiger partial charge >= 0.3 is 0 Å². The van der Waals surface area contributed by atoms with Crippen molar-refractivity contribution in [1.29, 1.82) is 0 Å². The molecule has 1 aromatic carbocycles. The Hall–Kier alpha value is -2.03. The van der Waals surface area contributed by atoms with E-state index in [0.717, 1.165) is 17.2 Å². The van der Waals surface area contributed by atoms with Crippen molar-refractivity contribution >= 4 is 17.2 Å². The minimum atomic E-state index is 0.421. The summed E-state index contributed by atoms with van der Waals surface area (Å²) in [6, 6.07) is 14.4. The lowest BCUT2D eigenvalue weighted by molar-refractivity contribution is 0.898. The predicted octanol–water partition coefficient (Wildman–Crippen LogP) is 3.65. The Balaban J connectivity index is 2.03. The minimum absolute atomic E-state index is 0.421. The first-order valence-electron chi connectivity index (χ1n) is 5.79. The summed E-state index contributed by atoms with van der Waals surface area (Å²) in [6.45, 7) is 4.21. The largest absolute Gasteiger partial charge is 0.382 e. The molecule has 2 N–H and O–H groups in total. The van der Waals surface area contributed by atoms with Gasteiger partial charge in [-0.15, -0.1) is 0 Å². The van der Waals surface area contributed by atoms with Gasteiger partial charge in [-0.1, -0.05) is 18.2 Å². The number of aromatic nitrogens is 1. The van der Waals surface area contributed by atoms with Crippen molar-refractivity contribution < 1.29 is 0 Å². The highest BCUT2D eigenvalue weighted by Gasteiger charge is 1.97. The maximum absolute atomic E-state index is 4.35. The zero-order valence-corrected chi connectivity index (χ0v) is 10.1. The van der Waals surface area contributed by atoms with Gasteiger partial charge in [-0.05, 0) is 38.1 Å². The Morgan fingerprint density at radius 2 is 1.71 bits per heavy atom. The Labute approximate surface area is 102 Å². The summed E-state index contributed by atoms with van der Waals surface area (Å²) in [6.07, 6.45) is 1.84. The Morgan fingerprint density at radius 1 is 0.941 bits per heavy atom. The van der Waals surface area contributed by atoms with Crippen LogP contribution in [0.2, 0.25) is 0 Å². The Kier molecular flexibility index (Phi) is 3.60. The van der Waals surface area contributed by atoms with Crippen LogP contribution < -0.4 is 10.6 Å². The third kappa shape index (κ3) is 3.48. The lowest BCUT2D eigenvalue weighted by Gasteiger charge is -2.10. The minimum Gasteiger partial charge on any atom is -0.382 e. The maximum atomic E-state index is 4.35. The van der Waals surface area contributed by atoms with E-state index < -0.39 is 0 Å². The van der Waals surface area contributed by atoms with Crippen LogP contribution in [-0.2, 0) is 0 Å². The predicted molar refractivity (Wildman–Crippen MR) is 72.7 cm³/mol. The summed E-state index contributed by atoms with van der Waals surface area (Å²) < 4.78 is 0. The molecule has 0 radical (unpaired) electrons. The summed E-state index contributed by atoms with van der Waals surface area (Å²) in [5.74, 6) is 0.852. The smallest absolute Gasteiger partial charge is 0.130 e. The van der Waals surface area contributed by atoms with Crippen LogP contribution in [-0.4, -0.2) is 11.0 Å². The molecule has 0 aliphatic rings. The van der Waals surface area contributed by atoms with Crippen molar-refractivity contribution in [2.75, 3.05) is 10.6 Å². The molecule has 17 heavy (non-hydrogen) atoms. The van der Waals surface area contributed by atoms with Gasteiger partial charge in [-0.3, -0.25) is 0 Å². The van der Waals surface area contributed by atoms with E-state index >= 15 is 0 Å². The monoisotopic (exact) mass is 227 g/mol. The van der Waals surface area contributed by atoms with E-state index in [0.29, 0.717) is 6.04 Å². The molecule has 88 valence electrons. The molecule has 3 nitrogen and oxygen atoms in total. The SMILES string of the molecule is CC(C)Nc1ccc(Nc2ccccc2)nc1. The van der Waals surface area contributed by atoms with E-state index in [-0.39, 0.29) is 0 Å². The van der Waals surface area contributed by atoms with E-state index in [1.165, 1.54) is 0 Å². The van der Waals surface area contributed by atoms with Crippen LogP contribution in [0.25, 0.3) is 0 Å². The molecule has 1 aromatic heterocycles. The molecular weight excluding hydrogens is 210 g/mol. The van der Waals surface area contributed by atoms with Crippen molar-refractivity contribution in [3.05, 3.63) is 48.7 Å². The number of para-hydroxylation sites is 1. The zero-order chi connectivity index (χ0) is 12.1. The number of anilines is 3. The number of hydrogen-bond donors (Lipinski definition) is 2. The van der Waals surface area contributed by atoms with Crippen LogP contribution in [0.4, 0.5) is 17.2 Å². The van der Waals surface area contributed by atoms with Gasteiger partial charge in [-0.2, -0.15) is 0 Å². The van der Waals surface area contributed by atoms with Gasteiger partial charge in [0.2, 0.25) is 0 Å². The summed E-state index contributed by atoms with van der Waals surface area (Å²) in [7, 11) is 0. The number of nitrogens with one attached hydrogen (secondary N) is 2. The zero-order valence-electron chi connectivity index (χ0n) is 10.1. The third-order valence-electron chi connectivity index (χ3n) is 2.27. The van der Waals surface area contributed by atoms with Crippen molar-refractivity contribution in [3.63, 3.8) is 0 Å². The van der Waals surface area contributed by atoms with Crippen LogP contribution in [0.1, 0.15) is 13.8 Å². The number of hydrogen-bond acceptors (Lipinski definition) is 3. The number of benzene rings is 1. The molecule has 2 aromatic rings. The lowest BCUT2D eigenvalue weighted by atomic mass is 10.3. The summed E-state index contributed by atoms with van der Waals surface area (Å²) >= 11 is 0. The van der Waals surface area contributed by atoms with Gasteiger partial charge in [0.1, 0.15) is 5.82 Å². The van der Waals surface area contributed by atoms with Crippen LogP contribution in [0.3, 0.4) is 0 Å². The van der Waals surface area contributed by atoms with Gasteiger partial charge in [0.25, 0.3) is 0 Å². The summed E-state index contributed by atoms with van der Waals surface area (Å²) in [5, 5.41) is 6.55. The third-order valence-corrected chi connectivity index (χ3v) is 2.27. The molecular formula is C14H17N3. The van der Waals surface area contributed by atoms with Crippen molar-refractivity contribution in [2.45, 2.75) is 19.9 Å². The van der Waals surface area contributed by atoms with Crippen LogP contribution in [0.15, 0.2) is 48.7 Å². The first-order valence-corrected chi connectivity index (χ1v) is 5.79. The first kappa shape index (κ1) is 11.5. The topological polar surface area (TPSA) is 37.0 Å². The number of pyridine rings is 1. The fraction of sp³-hybridized carbons (Fsp3) is 0.214. The van der Waals surface area contributed by atoms with Crippen molar-refractivity contribution in [2.24, 2.45) is 0 Å². The van der Waals surface area contributed by atoms with Crippen LogP contribution in [0, 0.1) is 0 Å². The van der Waals surface area contributed by atoms with Gasteiger partial charge < -0.3 is 10.6 Å². The molecule has 0 saturated carbocycles. The second kappa shape index (κ2) is 5.34. The van der Waals surface area contributed by atoms with E-state index in [2.05, 4.69) is 29.5 Å². The summed E-state index contributed by atoms with van der Waals surface area (Å²) in [5.41, 5.74) is 2.09. The molecule has 0 spiro atoms. The summed E-state index contributed by atoms with van der Waals surface area (Å²) in [4.78, 5) is 4.35. The van der Waals surface area contributed by atoms with Crippen LogP contribution in [0.5, 0.6) is 0 Å². The maximum Gasteiger partial charge on any atom is 0.130 e. The molecule has 0 aliphatic carbocycles. The van der Waals surface area contributed by atoms with E-state index in [1.807, 2.05) is 48.7 Å². The molecule has 0 unspecified atom stereocenters. The molecule has 0 atom stereocenters. The average molecular weight is 227 g/mol. The number of nitrogens with zero attached hydrogens (tertiary/aromatic N) is 1. The highest BCUT2D eigenvalue weighted by atomic mass is 15.0. The van der Waals surface area contributed by atoms with E-state index in [9.17, 15) is 0 Å². The Bertz CT molecular complexity index is 449. The first-order chi connectivity index (χ1) is 8.24. The average Bonchev–Trinajstić information content (AvgIpc) is 2.32. The quantitative estimate of drug-likeness (QED) is 0.837. The molecule has 2 rings (SSSR count). The Morgan fingerprint density at radius 3 is 2.29 bits per heavy atom. The number of rotatable bonds is 4. The normalized spacial score (nSPS) is 10.3. The van der Waals surface area contributed by atoms with Crippen molar-refractivity contribution in [3.8, 4) is 0 Å². The van der Waals surface area contributed by atoms with E-state index in [4.69, 9.17) is 0 Å². The molecule has 0 saturated heterocycles. The lowest BCUT2D eigenvalue weighted by Crippen LogP contribution is -2.09. The standard InChI is InChI=1S/C14H17N3/c1-11(2)16-13-8-9-14(15-10-13)17-12-6-4-3-5-7-12/h3-11,16H,1-2H3,(H,15,17). The fourth-order valence-electron chi connectivity index (χ4n) is 1.56. The second-order valence-corrected chi connectivity index (χ2v) is 4.22. The van der Waals surface area contributed by atoms with Gasteiger partial charge in [-0.25, -0.2) is 4.98 Å². The molecule has 0 bridgehead atoms. The molecule has 0 aliphatic heterocycles. The molecule has 0 amide bonds. The molecule has 0 fully saturated rings. The van der Waals surface area contributed by atoms with Crippen molar-refractivity contribution in [1.82, 2.24) is 4.98 Å². The molecule has 3 heteroatoms. The van der Waals surface area contributed by atoms with Crippen LogP contribution >= 0.6 is 0 Å².